The van der Waals surface area contributed by atoms with Crippen LogP contribution in [0.15, 0.2) is 89.9 Å². The third-order valence-corrected chi connectivity index (χ3v) is 5.29. The minimum atomic E-state index is -0.187. The highest BCUT2D eigenvalue weighted by molar-refractivity contribution is 5.96. The highest BCUT2D eigenvalue weighted by Crippen LogP contribution is 2.19. The Kier molecular flexibility index (Phi) is 4.80. The van der Waals surface area contributed by atoms with Crippen LogP contribution in [0.3, 0.4) is 0 Å². The van der Waals surface area contributed by atoms with Crippen molar-refractivity contribution in [2.45, 2.75) is 13.0 Å². The lowest BCUT2D eigenvalue weighted by molar-refractivity contribution is -0.115. The molecule has 0 saturated carbocycles. The molecule has 31 heavy (non-hydrogen) atoms. The second kappa shape index (κ2) is 7.91. The van der Waals surface area contributed by atoms with Gasteiger partial charge in [-0.25, -0.2) is 4.68 Å². The van der Waals surface area contributed by atoms with E-state index in [9.17, 15) is 9.59 Å². The van der Waals surface area contributed by atoms with Gasteiger partial charge in [0, 0.05) is 22.8 Å². The number of amides is 1. The van der Waals surface area contributed by atoms with Gasteiger partial charge in [-0.05, 0) is 35.2 Å². The van der Waals surface area contributed by atoms with E-state index in [1.807, 2.05) is 79.0 Å². The van der Waals surface area contributed by atoms with Crippen molar-refractivity contribution in [1.29, 1.82) is 0 Å². The average molecular weight is 408 g/mol. The zero-order valence-electron chi connectivity index (χ0n) is 16.7. The van der Waals surface area contributed by atoms with Gasteiger partial charge in [0.05, 0.1) is 24.0 Å². The van der Waals surface area contributed by atoms with Crippen LogP contribution >= 0.6 is 0 Å². The molecule has 0 saturated heterocycles. The lowest BCUT2D eigenvalue weighted by atomic mass is 10.1. The normalized spacial score (nSPS) is 11.1. The third kappa shape index (κ3) is 3.83. The number of benzene rings is 3. The fourth-order valence-electron chi connectivity index (χ4n) is 3.78. The van der Waals surface area contributed by atoms with Crippen LogP contribution in [0.2, 0.25) is 0 Å². The molecule has 0 bridgehead atoms. The second-order valence-corrected chi connectivity index (χ2v) is 7.45. The van der Waals surface area contributed by atoms with Gasteiger partial charge in [-0.15, -0.1) is 0 Å². The van der Waals surface area contributed by atoms with Crippen molar-refractivity contribution in [2.24, 2.45) is 0 Å². The lowest BCUT2D eigenvalue weighted by Crippen LogP contribution is -2.26. The van der Waals surface area contributed by atoms with Crippen LogP contribution in [0.4, 0.5) is 5.69 Å². The molecule has 1 amide bonds. The zero-order valence-corrected chi connectivity index (χ0v) is 16.7. The first-order valence-electron chi connectivity index (χ1n) is 10.1. The number of aromatic amines is 1. The van der Waals surface area contributed by atoms with E-state index in [4.69, 9.17) is 0 Å². The van der Waals surface area contributed by atoms with Gasteiger partial charge < -0.3 is 10.3 Å². The maximum absolute atomic E-state index is 13.0. The van der Waals surface area contributed by atoms with Gasteiger partial charge >= 0.3 is 0 Å². The van der Waals surface area contributed by atoms with Gasteiger partial charge in [-0.3, -0.25) is 9.59 Å². The molecule has 0 fully saturated rings. The molecule has 0 aliphatic carbocycles. The van der Waals surface area contributed by atoms with Crippen LogP contribution in [0.5, 0.6) is 0 Å². The predicted molar refractivity (Wildman–Crippen MR) is 122 cm³/mol. The lowest BCUT2D eigenvalue weighted by Gasteiger charge is -2.12. The van der Waals surface area contributed by atoms with Crippen LogP contribution in [0, 0.1) is 0 Å². The maximum atomic E-state index is 13.0. The number of hydrogen-bond donors (Lipinski definition) is 2. The van der Waals surface area contributed by atoms with Crippen molar-refractivity contribution in [3.05, 3.63) is 107 Å². The number of nitrogens with one attached hydrogen (secondary N) is 2. The average Bonchev–Trinajstić information content (AvgIpc) is 3.25. The number of carbonyl (C=O) groups is 1. The van der Waals surface area contributed by atoms with E-state index >= 15 is 0 Å². The Morgan fingerprint density at radius 2 is 1.71 bits per heavy atom. The molecule has 0 atom stereocenters. The molecule has 2 aromatic heterocycles. The number of fused-ring (bicyclic) bond motifs is 2. The summed E-state index contributed by atoms with van der Waals surface area (Å²) in [4.78, 5) is 28.9. The van der Waals surface area contributed by atoms with Crippen LogP contribution < -0.4 is 10.9 Å². The molecule has 0 spiro atoms. The number of rotatable bonds is 5. The Morgan fingerprint density at radius 3 is 2.55 bits per heavy atom. The summed E-state index contributed by atoms with van der Waals surface area (Å²) >= 11 is 0. The van der Waals surface area contributed by atoms with E-state index in [0.717, 1.165) is 16.5 Å². The fourth-order valence-corrected chi connectivity index (χ4v) is 3.78. The van der Waals surface area contributed by atoms with E-state index in [0.29, 0.717) is 28.7 Å². The van der Waals surface area contributed by atoms with E-state index in [1.54, 1.807) is 6.07 Å². The first kappa shape index (κ1) is 18.8. The van der Waals surface area contributed by atoms with Crippen molar-refractivity contribution in [1.82, 2.24) is 14.8 Å². The number of H-pyrrole nitrogens is 1. The molecule has 0 unspecified atom stereocenters. The number of aromatic nitrogens is 3. The molecule has 2 heterocycles. The van der Waals surface area contributed by atoms with Gasteiger partial charge in [0.1, 0.15) is 0 Å². The Balaban J connectivity index is 1.47. The minimum Gasteiger partial charge on any atom is -0.361 e. The molecule has 3 aromatic carbocycles. The van der Waals surface area contributed by atoms with Crippen molar-refractivity contribution in [3.63, 3.8) is 0 Å². The Hall–Kier alpha value is -4.19. The van der Waals surface area contributed by atoms with Crippen molar-refractivity contribution in [3.8, 4) is 0 Å². The highest BCUT2D eigenvalue weighted by atomic mass is 16.1. The standard InChI is InChI=1S/C25H20N4O2/c30-24(27-19-11-10-18-12-13-26-22(18)14-19)15-23-20-8-4-5-9-21(20)25(31)29(28-23)16-17-6-2-1-3-7-17/h1-14,26H,15-16H2,(H,27,30). The molecule has 5 aromatic rings. The molecule has 5 rings (SSSR count). The summed E-state index contributed by atoms with van der Waals surface area (Å²) in [5.74, 6) is -0.187. The summed E-state index contributed by atoms with van der Waals surface area (Å²) in [6.45, 7) is 0.350. The Labute approximate surface area is 178 Å². The van der Waals surface area contributed by atoms with Crippen LogP contribution in [0.1, 0.15) is 11.3 Å². The number of anilines is 1. The quantitative estimate of drug-likeness (QED) is 0.459. The van der Waals surface area contributed by atoms with Gasteiger partial charge in [-0.1, -0.05) is 54.6 Å². The predicted octanol–water partition coefficient (Wildman–Crippen LogP) is 4.11. The van der Waals surface area contributed by atoms with Gasteiger partial charge in [0.15, 0.2) is 0 Å². The fraction of sp³-hybridized carbons (Fsp3) is 0.0800. The Bertz CT molecular complexity index is 1450. The van der Waals surface area contributed by atoms with Crippen molar-refractivity contribution in [2.75, 3.05) is 5.32 Å². The second-order valence-electron chi connectivity index (χ2n) is 7.45. The van der Waals surface area contributed by atoms with Crippen molar-refractivity contribution >= 4 is 33.3 Å². The first-order valence-corrected chi connectivity index (χ1v) is 10.1. The number of carbonyl (C=O) groups excluding carboxylic acids is 1. The molecule has 0 radical (unpaired) electrons. The summed E-state index contributed by atoms with van der Waals surface area (Å²) in [7, 11) is 0. The molecular weight excluding hydrogens is 388 g/mol. The summed E-state index contributed by atoms with van der Waals surface area (Å²) in [5.41, 5.74) is 3.05. The van der Waals surface area contributed by atoms with E-state index in [2.05, 4.69) is 15.4 Å². The smallest absolute Gasteiger partial charge is 0.274 e. The van der Waals surface area contributed by atoms with Gasteiger partial charge in [0.25, 0.3) is 5.56 Å². The minimum absolute atomic E-state index is 0.0678. The Morgan fingerprint density at radius 1 is 0.935 bits per heavy atom. The molecule has 0 aliphatic heterocycles. The van der Waals surface area contributed by atoms with Crippen LogP contribution in [-0.2, 0) is 17.8 Å². The SMILES string of the molecule is O=C(Cc1nn(Cc2ccccc2)c(=O)c2ccccc12)Nc1ccc2cc[nH]c2c1. The summed E-state index contributed by atoms with van der Waals surface area (Å²) in [6.07, 6.45) is 1.93. The van der Waals surface area contributed by atoms with E-state index in [-0.39, 0.29) is 17.9 Å². The van der Waals surface area contributed by atoms with Crippen molar-refractivity contribution < 1.29 is 4.79 Å². The summed E-state index contributed by atoms with van der Waals surface area (Å²) < 4.78 is 1.44. The maximum Gasteiger partial charge on any atom is 0.274 e. The summed E-state index contributed by atoms with van der Waals surface area (Å²) in [5, 5.41) is 9.83. The monoisotopic (exact) mass is 408 g/mol. The topological polar surface area (TPSA) is 79.8 Å². The molecule has 2 N–H and O–H groups in total. The third-order valence-electron chi connectivity index (χ3n) is 5.29. The number of hydrogen-bond acceptors (Lipinski definition) is 3. The zero-order chi connectivity index (χ0) is 21.2. The first-order chi connectivity index (χ1) is 15.2. The largest absolute Gasteiger partial charge is 0.361 e. The van der Waals surface area contributed by atoms with E-state index in [1.165, 1.54) is 4.68 Å². The molecular formula is C25H20N4O2. The van der Waals surface area contributed by atoms with Gasteiger partial charge in [0.2, 0.25) is 5.91 Å². The molecule has 6 nitrogen and oxygen atoms in total. The molecule has 152 valence electrons. The van der Waals surface area contributed by atoms with E-state index < -0.39 is 0 Å². The highest BCUT2D eigenvalue weighted by Gasteiger charge is 2.14. The molecule has 6 heteroatoms. The summed E-state index contributed by atoms with van der Waals surface area (Å²) in [6, 6.07) is 24.7. The number of nitrogens with zero attached hydrogens (tertiary/aromatic N) is 2. The van der Waals surface area contributed by atoms with Crippen LogP contribution in [0.25, 0.3) is 21.7 Å². The van der Waals surface area contributed by atoms with Gasteiger partial charge in [-0.2, -0.15) is 5.10 Å². The molecule has 0 aliphatic rings. The van der Waals surface area contributed by atoms with Crippen LogP contribution in [-0.4, -0.2) is 20.7 Å².